The molecule has 1 aliphatic rings. The number of carboxylic acid groups (broad SMARTS) is 2. The summed E-state index contributed by atoms with van der Waals surface area (Å²) < 4.78 is 22.3. The number of rotatable bonds is 8. The lowest BCUT2D eigenvalue weighted by atomic mass is 9.70. The maximum Gasteiger partial charge on any atom is 0.414 e. The summed E-state index contributed by atoms with van der Waals surface area (Å²) in [6.07, 6.45) is 2.18. The zero-order valence-electron chi connectivity index (χ0n) is 22.1. The molecule has 37 heavy (non-hydrogen) atoms. The van der Waals surface area contributed by atoms with E-state index in [4.69, 9.17) is 38.7 Å². The average molecular weight is 520 g/mol. The molecular formula is C27H37NO9. The van der Waals surface area contributed by atoms with Gasteiger partial charge in [-0.25, -0.2) is 9.59 Å². The minimum absolute atomic E-state index is 0.0405. The average Bonchev–Trinajstić information content (AvgIpc) is 2.89. The second-order valence-electron chi connectivity index (χ2n) is 8.87. The van der Waals surface area contributed by atoms with Crippen molar-refractivity contribution in [3.05, 3.63) is 47.5 Å². The number of aliphatic carboxylic acids is 2. The van der Waals surface area contributed by atoms with Crippen molar-refractivity contribution in [2.45, 2.75) is 50.8 Å². The van der Waals surface area contributed by atoms with Gasteiger partial charge in [-0.3, -0.25) is 0 Å². The lowest BCUT2D eigenvalue weighted by Crippen LogP contribution is -2.52. The van der Waals surface area contributed by atoms with Crippen LogP contribution < -0.4 is 24.3 Å². The van der Waals surface area contributed by atoms with Gasteiger partial charge in [-0.2, -0.15) is 0 Å². The number of piperidine rings is 1. The van der Waals surface area contributed by atoms with Crippen molar-refractivity contribution in [1.29, 1.82) is 0 Å². The van der Waals surface area contributed by atoms with E-state index in [1.165, 1.54) is 0 Å². The molecule has 4 atom stereocenters. The molecule has 10 heteroatoms. The summed E-state index contributed by atoms with van der Waals surface area (Å²) >= 11 is 0. The second kappa shape index (κ2) is 13.2. The molecule has 10 nitrogen and oxygen atoms in total. The predicted molar refractivity (Wildman–Crippen MR) is 137 cm³/mol. The molecule has 0 radical (unpaired) electrons. The van der Waals surface area contributed by atoms with Crippen LogP contribution >= 0.6 is 0 Å². The van der Waals surface area contributed by atoms with Gasteiger partial charge in [0.05, 0.1) is 34.0 Å². The fourth-order valence-corrected chi connectivity index (χ4v) is 4.79. The van der Waals surface area contributed by atoms with E-state index < -0.39 is 17.5 Å². The maximum absolute atomic E-state index is 11.8. The van der Waals surface area contributed by atoms with Gasteiger partial charge in [0, 0.05) is 29.1 Å². The predicted octanol–water partition coefficient (Wildman–Crippen LogP) is 3.82. The van der Waals surface area contributed by atoms with Gasteiger partial charge in [0.25, 0.3) is 0 Å². The van der Waals surface area contributed by atoms with Gasteiger partial charge in [0.15, 0.2) is 0 Å². The second-order valence-corrected chi connectivity index (χ2v) is 8.87. The molecule has 0 aromatic heterocycles. The Labute approximate surface area is 217 Å². The van der Waals surface area contributed by atoms with Gasteiger partial charge in [0.2, 0.25) is 0 Å². The van der Waals surface area contributed by atoms with Crippen molar-refractivity contribution in [1.82, 2.24) is 5.32 Å². The summed E-state index contributed by atoms with van der Waals surface area (Å²) in [4.78, 5) is 18.2. The van der Waals surface area contributed by atoms with Gasteiger partial charge in [0.1, 0.15) is 23.0 Å². The molecule has 0 saturated carbocycles. The van der Waals surface area contributed by atoms with Crippen molar-refractivity contribution < 1.29 is 43.9 Å². The molecule has 0 bridgehead atoms. The van der Waals surface area contributed by atoms with Gasteiger partial charge < -0.3 is 39.6 Å². The first kappa shape index (κ1) is 29.7. The molecule has 1 heterocycles. The van der Waals surface area contributed by atoms with Crippen molar-refractivity contribution >= 4 is 11.9 Å². The first-order valence-electron chi connectivity index (χ1n) is 11.9. The van der Waals surface area contributed by atoms with Gasteiger partial charge in [-0.15, -0.1) is 0 Å². The molecule has 1 aliphatic heterocycles. The highest BCUT2D eigenvalue weighted by molar-refractivity contribution is 6.27. The van der Waals surface area contributed by atoms with E-state index in [1.54, 1.807) is 28.4 Å². The van der Waals surface area contributed by atoms with E-state index in [1.807, 2.05) is 36.4 Å². The van der Waals surface area contributed by atoms with Gasteiger partial charge in [-0.1, -0.05) is 20.3 Å². The van der Waals surface area contributed by atoms with E-state index in [0.717, 1.165) is 40.5 Å². The molecule has 4 unspecified atom stereocenters. The third-order valence-corrected chi connectivity index (χ3v) is 6.74. The van der Waals surface area contributed by atoms with Crippen LogP contribution in [0.3, 0.4) is 0 Å². The van der Waals surface area contributed by atoms with Crippen LogP contribution in [-0.4, -0.2) is 61.3 Å². The van der Waals surface area contributed by atoms with Crippen LogP contribution in [0.2, 0.25) is 0 Å². The topological polar surface area (TPSA) is 144 Å². The number of benzene rings is 2. The normalized spacial score (nSPS) is 22.7. The first-order valence-corrected chi connectivity index (χ1v) is 11.9. The monoisotopic (exact) mass is 519 g/mol. The highest BCUT2D eigenvalue weighted by Gasteiger charge is 2.46. The van der Waals surface area contributed by atoms with E-state index >= 15 is 0 Å². The van der Waals surface area contributed by atoms with Crippen LogP contribution in [0.5, 0.6) is 23.0 Å². The number of carbonyl (C=O) groups is 2. The molecule has 0 amide bonds. The zero-order valence-corrected chi connectivity index (χ0v) is 22.1. The lowest BCUT2D eigenvalue weighted by Gasteiger charge is -2.48. The fourth-order valence-electron chi connectivity index (χ4n) is 4.79. The Kier molecular flexibility index (Phi) is 10.6. The van der Waals surface area contributed by atoms with Crippen molar-refractivity contribution in [2.75, 3.05) is 28.4 Å². The van der Waals surface area contributed by atoms with E-state index in [0.29, 0.717) is 12.8 Å². The Morgan fingerprint density at radius 1 is 0.892 bits per heavy atom. The lowest BCUT2D eigenvalue weighted by molar-refractivity contribution is -0.159. The Balaban J connectivity index is 0.000000717. The summed E-state index contributed by atoms with van der Waals surface area (Å²) in [7, 11) is 6.64. The molecule has 1 fully saturated rings. The Morgan fingerprint density at radius 2 is 1.38 bits per heavy atom. The van der Waals surface area contributed by atoms with Crippen LogP contribution in [0.15, 0.2) is 36.4 Å². The molecule has 0 spiro atoms. The third-order valence-electron chi connectivity index (χ3n) is 6.74. The largest absolute Gasteiger partial charge is 0.497 e. The highest BCUT2D eigenvalue weighted by Crippen LogP contribution is 2.49. The van der Waals surface area contributed by atoms with Crippen LogP contribution in [0.25, 0.3) is 0 Å². The number of nitrogens with one attached hydrogen (secondary N) is 1. The van der Waals surface area contributed by atoms with Crippen molar-refractivity contribution in [3.8, 4) is 23.0 Å². The van der Waals surface area contributed by atoms with Crippen molar-refractivity contribution in [3.63, 3.8) is 0 Å². The van der Waals surface area contributed by atoms with Gasteiger partial charge in [-0.05, 0) is 49.2 Å². The first-order chi connectivity index (χ1) is 17.5. The summed E-state index contributed by atoms with van der Waals surface area (Å²) in [5.41, 5.74) is 1.09. The number of hydrogen-bond donors (Lipinski definition) is 4. The molecule has 3 rings (SSSR count). The van der Waals surface area contributed by atoms with Crippen LogP contribution in [0.4, 0.5) is 0 Å². The smallest absolute Gasteiger partial charge is 0.414 e. The molecular weight excluding hydrogens is 482 g/mol. The number of methoxy groups -OCH3 is 4. The Bertz CT molecular complexity index is 1060. The molecule has 4 N–H and O–H groups in total. The third kappa shape index (κ3) is 7.05. The molecule has 2 aromatic rings. The number of carboxylic acids is 2. The summed E-state index contributed by atoms with van der Waals surface area (Å²) in [5, 5.41) is 30.4. The standard InChI is InChI=1S/C25H35NO5.C2H2O4/c1-7-12-25(27)15-21(19-13-17(28-3)8-10-22(19)30-5)26-24(16(25)2)20-14-18(29-4)9-11-23(20)31-6;3-1(4)2(5)6/h8-11,13-14,16,21,24,26-27H,7,12,15H2,1-6H3;(H,3,4)(H,5,6). The van der Waals surface area contributed by atoms with Crippen molar-refractivity contribution in [2.24, 2.45) is 5.92 Å². The summed E-state index contributed by atoms with van der Waals surface area (Å²) in [6.45, 7) is 4.21. The summed E-state index contributed by atoms with van der Waals surface area (Å²) in [5.74, 6) is -0.646. The number of hydrogen-bond acceptors (Lipinski definition) is 8. The molecule has 1 saturated heterocycles. The number of aliphatic hydroxyl groups is 1. The Morgan fingerprint density at radius 3 is 1.81 bits per heavy atom. The highest BCUT2D eigenvalue weighted by atomic mass is 16.5. The van der Waals surface area contributed by atoms with Crippen LogP contribution in [-0.2, 0) is 9.59 Å². The Hall–Kier alpha value is -3.50. The van der Waals surface area contributed by atoms with E-state index in [-0.39, 0.29) is 18.0 Å². The SMILES string of the molecule is CCCC1(O)CC(c2cc(OC)ccc2OC)NC(c2cc(OC)ccc2OC)C1C.O=C(O)C(=O)O. The van der Waals surface area contributed by atoms with E-state index in [9.17, 15) is 5.11 Å². The fraction of sp³-hybridized carbons (Fsp3) is 0.481. The quantitative estimate of drug-likeness (QED) is 0.380. The van der Waals surface area contributed by atoms with Gasteiger partial charge >= 0.3 is 11.9 Å². The van der Waals surface area contributed by atoms with E-state index in [2.05, 4.69) is 19.2 Å². The minimum atomic E-state index is -1.82. The zero-order chi connectivity index (χ0) is 27.8. The molecule has 2 aromatic carbocycles. The minimum Gasteiger partial charge on any atom is -0.497 e. The maximum atomic E-state index is 11.8. The number of ether oxygens (including phenoxy) is 4. The molecule has 0 aliphatic carbocycles. The van der Waals surface area contributed by atoms with Crippen LogP contribution in [0.1, 0.15) is 56.3 Å². The van der Waals surface area contributed by atoms with Crippen LogP contribution in [0, 0.1) is 5.92 Å². The summed E-state index contributed by atoms with van der Waals surface area (Å²) in [6, 6.07) is 11.3. The molecule has 204 valence electrons.